The molecule has 1 rings (SSSR count). The molecule has 0 aliphatic carbocycles. The van der Waals surface area contributed by atoms with Crippen LogP contribution >= 0.6 is 11.8 Å². The van der Waals surface area contributed by atoms with Gasteiger partial charge in [0, 0.05) is 11.7 Å². The molecule has 0 saturated carbocycles. The molecule has 2 atom stereocenters. The van der Waals surface area contributed by atoms with Crippen LogP contribution in [0.2, 0.25) is 0 Å². The fourth-order valence-corrected chi connectivity index (χ4v) is 2.49. The van der Waals surface area contributed by atoms with Crippen molar-refractivity contribution in [2.45, 2.75) is 37.7 Å². The maximum absolute atomic E-state index is 11.1. The van der Waals surface area contributed by atoms with Gasteiger partial charge < -0.3 is 0 Å². The van der Waals surface area contributed by atoms with Crippen molar-refractivity contribution in [3.63, 3.8) is 0 Å². The van der Waals surface area contributed by atoms with Gasteiger partial charge in [0.2, 0.25) is 0 Å². The maximum atomic E-state index is 11.1. The predicted molar refractivity (Wildman–Crippen MR) is 45.3 cm³/mol. The van der Waals surface area contributed by atoms with Crippen LogP contribution in [-0.2, 0) is 4.79 Å². The number of carbonyl (C=O) groups is 1. The smallest absolute Gasteiger partial charge is 0.146 e. The number of Topliss-reactive ketones (excluding diaryl/α,β-unsaturated/α-hetero) is 1. The standard InChI is InChI=1S/C8H14OS/c1-5(2)8-4-7(9)6(3)10-8/h5-6,8H,4H2,1-3H3. The molecule has 0 N–H and O–H groups in total. The second kappa shape index (κ2) is 2.95. The first-order valence-electron chi connectivity index (χ1n) is 3.79. The molecule has 0 amide bonds. The second-order valence-electron chi connectivity index (χ2n) is 3.23. The lowest BCUT2D eigenvalue weighted by Crippen LogP contribution is -2.08. The average molecular weight is 158 g/mol. The molecule has 1 aliphatic heterocycles. The summed E-state index contributed by atoms with van der Waals surface area (Å²) in [4.78, 5) is 11.1. The molecule has 1 heterocycles. The summed E-state index contributed by atoms with van der Waals surface area (Å²) >= 11 is 1.83. The highest BCUT2D eigenvalue weighted by Gasteiger charge is 2.31. The minimum Gasteiger partial charge on any atom is -0.298 e. The molecule has 58 valence electrons. The van der Waals surface area contributed by atoms with Gasteiger partial charge in [-0.2, -0.15) is 0 Å². The SMILES string of the molecule is CC1SC(C(C)C)CC1=O. The van der Waals surface area contributed by atoms with E-state index < -0.39 is 0 Å². The summed E-state index contributed by atoms with van der Waals surface area (Å²) in [5.41, 5.74) is 0. The summed E-state index contributed by atoms with van der Waals surface area (Å²) in [7, 11) is 0. The fraction of sp³-hybridized carbons (Fsp3) is 0.875. The van der Waals surface area contributed by atoms with Gasteiger partial charge in [-0.15, -0.1) is 11.8 Å². The van der Waals surface area contributed by atoms with E-state index in [1.54, 1.807) is 0 Å². The highest BCUT2D eigenvalue weighted by Crippen LogP contribution is 2.34. The van der Waals surface area contributed by atoms with Crippen molar-refractivity contribution in [1.29, 1.82) is 0 Å². The summed E-state index contributed by atoms with van der Waals surface area (Å²) in [6, 6.07) is 0. The minimum absolute atomic E-state index is 0.257. The molecule has 1 saturated heterocycles. The van der Waals surface area contributed by atoms with E-state index in [2.05, 4.69) is 13.8 Å². The molecule has 1 fully saturated rings. The van der Waals surface area contributed by atoms with Crippen LogP contribution in [0.1, 0.15) is 27.2 Å². The molecule has 2 unspecified atom stereocenters. The van der Waals surface area contributed by atoms with Gasteiger partial charge in [0.25, 0.3) is 0 Å². The Morgan fingerprint density at radius 3 is 2.40 bits per heavy atom. The zero-order valence-corrected chi connectivity index (χ0v) is 7.57. The van der Waals surface area contributed by atoms with Gasteiger partial charge in [0.15, 0.2) is 0 Å². The first-order chi connectivity index (χ1) is 4.61. The van der Waals surface area contributed by atoms with E-state index in [0.29, 0.717) is 17.0 Å². The topological polar surface area (TPSA) is 17.1 Å². The summed E-state index contributed by atoms with van der Waals surface area (Å²) in [5.74, 6) is 1.09. The number of thioether (sulfide) groups is 1. The van der Waals surface area contributed by atoms with Gasteiger partial charge >= 0.3 is 0 Å². The minimum atomic E-state index is 0.257. The van der Waals surface area contributed by atoms with E-state index in [9.17, 15) is 4.79 Å². The van der Waals surface area contributed by atoms with Crippen molar-refractivity contribution < 1.29 is 4.79 Å². The Hall–Kier alpha value is 0.0200. The first kappa shape index (κ1) is 8.12. The number of hydrogen-bond acceptors (Lipinski definition) is 2. The quantitative estimate of drug-likeness (QED) is 0.581. The molecule has 0 aromatic carbocycles. The average Bonchev–Trinajstić information content (AvgIpc) is 2.13. The molecule has 0 aromatic heterocycles. The van der Waals surface area contributed by atoms with Crippen LogP contribution in [0.3, 0.4) is 0 Å². The molecule has 0 spiro atoms. The maximum Gasteiger partial charge on any atom is 0.146 e. The van der Waals surface area contributed by atoms with Crippen LogP contribution in [0.15, 0.2) is 0 Å². The van der Waals surface area contributed by atoms with Gasteiger partial charge in [-0.3, -0.25) is 4.79 Å². The van der Waals surface area contributed by atoms with Crippen LogP contribution in [0.25, 0.3) is 0 Å². The Bertz CT molecular complexity index is 142. The number of ketones is 1. The van der Waals surface area contributed by atoms with Crippen molar-refractivity contribution in [2.75, 3.05) is 0 Å². The Kier molecular flexibility index (Phi) is 2.40. The van der Waals surface area contributed by atoms with Crippen LogP contribution in [0, 0.1) is 5.92 Å². The number of carbonyl (C=O) groups excluding carboxylic acids is 1. The molecule has 1 aliphatic rings. The molecule has 1 nitrogen and oxygen atoms in total. The van der Waals surface area contributed by atoms with Crippen molar-refractivity contribution in [3.8, 4) is 0 Å². The molecule has 0 aromatic rings. The lowest BCUT2D eigenvalue weighted by molar-refractivity contribution is -0.117. The monoisotopic (exact) mass is 158 g/mol. The Balaban J connectivity index is 2.49. The summed E-state index contributed by atoms with van der Waals surface area (Å²) in [6.45, 7) is 6.38. The summed E-state index contributed by atoms with van der Waals surface area (Å²) in [5, 5.41) is 0.842. The van der Waals surface area contributed by atoms with Crippen molar-refractivity contribution in [3.05, 3.63) is 0 Å². The Labute approximate surface area is 66.6 Å². The van der Waals surface area contributed by atoms with E-state index in [4.69, 9.17) is 0 Å². The van der Waals surface area contributed by atoms with Gasteiger partial charge in [-0.05, 0) is 12.8 Å². The zero-order valence-electron chi connectivity index (χ0n) is 6.76. The molecular formula is C8H14OS. The fourth-order valence-electron chi connectivity index (χ4n) is 1.14. The van der Waals surface area contributed by atoms with Crippen molar-refractivity contribution >= 4 is 17.5 Å². The van der Waals surface area contributed by atoms with Crippen molar-refractivity contribution in [2.24, 2.45) is 5.92 Å². The molecular weight excluding hydrogens is 144 g/mol. The predicted octanol–water partition coefficient (Wildman–Crippen LogP) is 2.11. The number of rotatable bonds is 1. The van der Waals surface area contributed by atoms with E-state index in [-0.39, 0.29) is 5.25 Å². The third-order valence-electron chi connectivity index (χ3n) is 1.98. The Morgan fingerprint density at radius 1 is 1.60 bits per heavy atom. The first-order valence-corrected chi connectivity index (χ1v) is 4.73. The molecule has 0 radical (unpaired) electrons. The second-order valence-corrected chi connectivity index (χ2v) is 4.82. The molecule has 10 heavy (non-hydrogen) atoms. The highest BCUT2D eigenvalue weighted by atomic mass is 32.2. The Morgan fingerprint density at radius 2 is 2.20 bits per heavy atom. The van der Waals surface area contributed by atoms with Crippen LogP contribution in [0.5, 0.6) is 0 Å². The third-order valence-corrected chi connectivity index (χ3v) is 3.71. The van der Waals surface area contributed by atoms with Crippen molar-refractivity contribution in [1.82, 2.24) is 0 Å². The van der Waals surface area contributed by atoms with Gasteiger partial charge in [-0.25, -0.2) is 0 Å². The van der Waals surface area contributed by atoms with Gasteiger partial charge in [0.05, 0.1) is 5.25 Å². The van der Waals surface area contributed by atoms with E-state index in [1.165, 1.54) is 0 Å². The van der Waals surface area contributed by atoms with Gasteiger partial charge in [0.1, 0.15) is 5.78 Å². The highest BCUT2D eigenvalue weighted by molar-refractivity contribution is 8.01. The number of hydrogen-bond donors (Lipinski definition) is 0. The van der Waals surface area contributed by atoms with Crippen LogP contribution in [-0.4, -0.2) is 16.3 Å². The lowest BCUT2D eigenvalue weighted by Gasteiger charge is -2.10. The normalized spacial score (nSPS) is 33.8. The van der Waals surface area contributed by atoms with E-state index >= 15 is 0 Å². The van der Waals surface area contributed by atoms with E-state index in [0.717, 1.165) is 6.42 Å². The van der Waals surface area contributed by atoms with Crippen LogP contribution < -0.4 is 0 Å². The lowest BCUT2D eigenvalue weighted by atomic mass is 10.0. The third kappa shape index (κ3) is 1.54. The van der Waals surface area contributed by atoms with Gasteiger partial charge in [-0.1, -0.05) is 13.8 Å². The molecule has 0 bridgehead atoms. The largest absolute Gasteiger partial charge is 0.298 e. The zero-order chi connectivity index (χ0) is 7.72. The summed E-state index contributed by atoms with van der Waals surface area (Å²) < 4.78 is 0. The van der Waals surface area contributed by atoms with Crippen LogP contribution in [0.4, 0.5) is 0 Å². The molecule has 2 heteroatoms. The summed E-state index contributed by atoms with van der Waals surface area (Å²) in [6.07, 6.45) is 0.795. The van der Waals surface area contributed by atoms with E-state index in [1.807, 2.05) is 18.7 Å².